The number of aryl methyl sites for hydroxylation is 1. The van der Waals surface area contributed by atoms with E-state index < -0.39 is 34.4 Å². The van der Waals surface area contributed by atoms with Crippen LogP contribution in [0.5, 0.6) is 0 Å². The van der Waals surface area contributed by atoms with E-state index >= 15 is 4.39 Å². The number of fused-ring (bicyclic) bond motifs is 1. The van der Waals surface area contributed by atoms with Gasteiger partial charge in [0.2, 0.25) is 5.91 Å². The van der Waals surface area contributed by atoms with Crippen LogP contribution in [0.15, 0.2) is 67.1 Å². The van der Waals surface area contributed by atoms with Crippen LogP contribution in [0.4, 0.5) is 4.39 Å². The zero-order valence-corrected chi connectivity index (χ0v) is 24.7. The minimum absolute atomic E-state index is 0.0308. The number of carbonyl (C=O) groups is 2. The van der Waals surface area contributed by atoms with E-state index in [4.69, 9.17) is 22.1 Å². The van der Waals surface area contributed by atoms with Crippen molar-refractivity contribution < 1.29 is 23.8 Å². The molecule has 3 heterocycles. The monoisotopic (exact) mass is 614 g/mol. The molecule has 10 nitrogen and oxygen atoms in total. The summed E-state index contributed by atoms with van der Waals surface area (Å²) < 4.78 is 24.8. The number of nitrogens with two attached hydrogens (primary N) is 1. The molecular formula is C32H28ClFN6O4. The SMILES string of the molecule is Cn1cc(C(C)(O)c2cc(F)c3c(c2)C(=O)N(Cc2ccc(C#N)cn2)[C@@]3(OCC2(C(N)=O)CC2)c2ccc(Cl)cc2)cn1. The van der Waals surface area contributed by atoms with Crippen LogP contribution in [0.2, 0.25) is 5.02 Å². The van der Waals surface area contributed by atoms with Crippen LogP contribution in [0.1, 0.15) is 63.6 Å². The summed E-state index contributed by atoms with van der Waals surface area (Å²) in [6, 6.07) is 14.3. The molecule has 1 saturated carbocycles. The predicted octanol–water partition coefficient (Wildman–Crippen LogP) is 3.87. The highest BCUT2D eigenvalue weighted by molar-refractivity contribution is 6.30. The predicted molar refractivity (Wildman–Crippen MR) is 156 cm³/mol. The number of rotatable bonds is 9. The number of nitrogens with zero attached hydrogens (tertiary/aromatic N) is 5. The molecule has 2 atom stereocenters. The molecule has 0 saturated heterocycles. The Morgan fingerprint density at radius 1 is 1.20 bits per heavy atom. The number of aromatic nitrogens is 3. The molecule has 44 heavy (non-hydrogen) atoms. The topological polar surface area (TPSA) is 147 Å². The third kappa shape index (κ3) is 4.72. The van der Waals surface area contributed by atoms with Gasteiger partial charge in [0.1, 0.15) is 17.5 Å². The summed E-state index contributed by atoms with van der Waals surface area (Å²) in [5, 5.41) is 25.3. The number of aliphatic hydroxyl groups is 1. The van der Waals surface area contributed by atoms with Crippen molar-refractivity contribution in [2.45, 2.75) is 37.6 Å². The minimum Gasteiger partial charge on any atom is -0.381 e. The van der Waals surface area contributed by atoms with Gasteiger partial charge in [0, 0.05) is 35.6 Å². The Morgan fingerprint density at radius 2 is 1.93 bits per heavy atom. The molecule has 12 heteroatoms. The van der Waals surface area contributed by atoms with Gasteiger partial charge in [-0.3, -0.25) is 24.2 Å². The van der Waals surface area contributed by atoms with Crippen LogP contribution in [0, 0.1) is 22.6 Å². The quantitative estimate of drug-likeness (QED) is 0.291. The molecule has 2 amide bonds. The Balaban J connectivity index is 1.56. The molecule has 1 aliphatic heterocycles. The van der Waals surface area contributed by atoms with Gasteiger partial charge in [-0.05, 0) is 61.7 Å². The van der Waals surface area contributed by atoms with Crippen LogP contribution >= 0.6 is 11.6 Å². The molecule has 1 unspecified atom stereocenters. The first-order valence-corrected chi connectivity index (χ1v) is 14.2. The number of primary amides is 1. The highest BCUT2D eigenvalue weighted by Gasteiger charge is 2.58. The number of pyridine rings is 1. The van der Waals surface area contributed by atoms with Gasteiger partial charge in [0.05, 0.1) is 47.1 Å². The lowest BCUT2D eigenvalue weighted by Gasteiger charge is -2.40. The van der Waals surface area contributed by atoms with Gasteiger partial charge in [-0.15, -0.1) is 0 Å². The van der Waals surface area contributed by atoms with E-state index in [-0.39, 0.29) is 29.8 Å². The molecule has 224 valence electrons. The maximum absolute atomic E-state index is 16.7. The van der Waals surface area contributed by atoms with Crippen molar-refractivity contribution in [2.24, 2.45) is 18.2 Å². The summed E-state index contributed by atoms with van der Waals surface area (Å²) in [6.07, 6.45) is 5.44. The average molecular weight is 615 g/mol. The molecule has 1 fully saturated rings. The van der Waals surface area contributed by atoms with Crippen LogP contribution in [0.3, 0.4) is 0 Å². The fourth-order valence-corrected chi connectivity index (χ4v) is 5.78. The molecule has 0 bridgehead atoms. The van der Waals surface area contributed by atoms with E-state index in [0.29, 0.717) is 40.2 Å². The van der Waals surface area contributed by atoms with Gasteiger partial charge >= 0.3 is 0 Å². The summed E-state index contributed by atoms with van der Waals surface area (Å²) in [6.45, 7) is 1.18. The standard InChI is InChI=1S/C32H28ClFN6O4/c1-30(43,22-15-38-39(2)16-22)21-11-25-27(26(34)12-21)32(20-4-6-23(33)7-5-20,44-18-31(9-10-31)29(36)42)40(28(25)41)17-24-8-3-19(13-35)14-37-24/h3-8,11-12,14-16,43H,9-10,17-18H2,1-2H3,(H2,36,42)/t30?,32-/m1/s1. The largest absolute Gasteiger partial charge is 0.381 e. The molecule has 2 aromatic heterocycles. The summed E-state index contributed by atoms with van der Waals surface area (Å²) >= 11 is 6.22. The normalized spacial score (nSPS) is 19.7. The highest BCUT2D eigenvalue weighted by atomic mass is 35.5. The molecule has 3 N–H and O–H groups in total. The third-order valence-electron chi connectivity index (χ3n) is 8.56. The number of carbonyl (C=O) groups excluding carboxylic acids is 2. The number of benzene rings is 2. The summed E-state index contributed by atoms with van der Waals surface area (Å²) in [7, 11) is 1.69. The Labute approximate surface area is 257 Å². The number of nitriles is 1. The van der Waals surface area contributed by atoms with Crippen molar-refractivity contribution in [1.29, 1.82) is 5.26 Å². The Bertz CT molecular complexity index is 1830. The van der Waals surface area contributed by atoms with Crippen LogP contribution in [-0.2, 0) is 34.4 Å². The number of hydrogen-bond donors (Lipinski definition) is 2. The van der Waals surface area contributed by atoms with Gasteiger partial charge in [-0.1, -0.05) is 23.7 Å². The molecule has 0 spiro atoms. The molecule has 2 aromatic carbocycles. The zero-order valence-electron chi connectivity index (χ0n) is 23.9. The Kier molecular flexibility index (Phi) is 7.04. The third-order valence-corrected chi connectivity index (χ3v) is 8.81. The molecule has 6 rings (SSSR count). The van der Waals surface area contributed by atoms with E-state index in [1.165, 1.54) is 41.0 Å². The van der Waals surface area contributed by atoms with E-state index in [1.54, 1.807) is 49.6 Å². The molecular weight excluding hydrogens is 587 g/mol. The molecule has 4 aromatic rings. The van der Waals surface area contributed by atoms with E-state index in [2.05, 4.69) is 10.1 Å². The first-order chi connectivity index (χ1) is 20.9. The second-order valence-electron chi connectivity index (χ2n) is 11.5. The first-order valence-electron chi connectivity index (χ1n) is 13.8. The number of halogens is 2. The lowest BCUT2D eigenvalue weighted by atomic mass is 9.85. The zero-order chi connectivity index (χ0) is 31.4. The molecule has 2 aliphatic rings. The number of hydrogen-bond acceptors (Lipinski definition) is 7. The summed E-state index contributed by atoms with van der Waals surface area (Å²) in [5.41, 5.74) is 2.76. The van der Waals surface area contributed by atoms with Crippen molar-refractivity contribution in [2.75, 3.05) is 6.61 Å². The van der Waals surface area contributed by atoms with Gasteiger partial charge < -0.3 is 15.6 Å². The molecule has 0 radical (unpaired) electrons. The maximum atomic E-state index is 16.7. The van der Waals surface area contributed by atoms with E-state index in [1.807, 2.05) is 6.07 Å². The van der Waals surface area contributed by atoms with Crippen molar-refractivity contribution in [1.82, 2.24) is 19.7 Å². The van der Waals surface area contributed by atoms with Crippen LogP contribution in [-0.4, -0.2) is 43.2 Å². The Hall–Kier alpha value is -4.63. The minimum atomic E-state index is -1.86. The fourth-order valence-electron chi connectivity index (χ4n) is 5.66. The van der Waals surface area contributed by atoms with E-state index in [9.17, 15) is 20.0 Å². The van der Waals surface area contributed by atoms with Gasteiger partial charge in [0.25, 0.3) is 5.91 Å². The van der Waals surface area contributed by atoms with Gasteiger partial charge in [-0.25, -0.2) is 4.39 Å². The van der Waals surface area contributed by atoms with Gasteiger partial charge in [-0.2, -0.15) is 10.4 Å². The maximum Gasteiger partial charge on any atom is 0.257 e. The second kappa shape index (κ2) is 10.5. The smallest absolute Gasteiger partial charge is 0.257 e. The Morgan fingerprint density at radius 3 is 2.50 bits per heavy atom. The van der Waals surface area contributed by atoms with Crippen LogP contribution in [0.25, 0.3) is 0 Å². The molecule has 1 aliphatic carbocycles. The first kappa shape index (κ1) is 29.4. The lowest BCUT2D eigenvalue weighted by molar-refractivity contribution is -0.142. The fraction of sp³-hybridized carbons (Fsp3) is 0.281. The summed E-state index contributed by atoms with van der Waals surface area (Å²) in [4.78, 5) is 32.5. The van der Waals surface area contributed by atoms with Gasteiger partial charge in [0.15, 0.2) is 5.72 Å². The van der Waals surface area contributed by atoms with Crippen molar-refractivity contribution in [3.8, 4) is 6.07 Å². The number of amides is 2. The summed E-state index contributed by atoms with van der Waals surface area (Å²) in [5.74, 6) is -1.94. The lowest BCUT2D eigenvalue weighted by Crippen LogP contribution is -2.48. The van der Waals surface area contributed by atoms with Crippen LogP contribution < -0.4 is 5.73 Å². The second-order valence-corrected chi connectivity index (χ2v) is 11.9. The van der Waals surface area contributed by atoms with Crippen molar-refractivity contribution in [3.63, 3.8) is 0 Å². The number of ether oxygens (including phenoxy) is 1. The highest BCUT2D eigenvalue weighted by Crippen LogP contribution is 2.52. The van der Waals surface area contributed by atoms with E-state index in [0.717, 1.165) is 0 Å². The van der Waals surface area contributed by atoms with Crippen molar-refractivity contribution >= 4 is 23.4 Å². The van der Waals surface area contributed by atoms with Crippen molar-refractivity contribution in [3.05, 3.63) is 117 Å². The average Bonchev–Trinajstić information content (AvgIpc) is 3.61.